The highest BCUT2D eigenvalue weighted by Gasteiger charge is 2.31. The number of benzene rings is 1. The zero-order valence-electron chi connectivity index (χ0n) is 13.1. The molecule has 0 fully saturated rings. The van der Waals surface area contributed by atoms with Crippen LogP contribution in [-0.4, -0.2) is 9.55 Å². The van der Waals surface area contributed by atoms with Crippen molar-refractivity contribution in [2.75, 3.05) is 0 Å². The number of imidazole rings is 1. The highest BCUT2D eigenvalue weighted by atomic mass is 19.4. The summed E-state index contributed by atoms with van der Waals surface area (Å²) >= 11 is 0. The molecule has 0 aliphatic heterocycles. The van der Waals surface area contributed by atoms with Gasteiger partial charge < -0.3 is 4.57 Å². The van der Waals surface area contributed by atoms with Crippen molar-refractivity contribution in [3.8, 4) is 11.8 Å². The molecule has 2 rings (SSSR count). The normalized spacial score (nSPS) is 12.9. The van der Waals surface area contributed by atoms with Gasteiger partial charge >= 0.3 is 6.18 Å². The topological polar surface area (TPSA) is 41.6 Å². The van der Waals surface area contributed by atoms with Crippen LogP contribution in [0, 0.1) is 17.2 Å². The molecule has 1 aromatic carbocycles. The van der Waals surface area contributed by atoms with Gasteiger partial charge in [-0.25, -0.2) is 4.98 Å². The summed E-state index contributed by atoms with van der Waals surface area (Å²) in [4.78, 5) is 4.26. The highest BCUT2D eigenvalue weighted by molar-refractivity contribution is 5.46. The number of hydrogen-bond acceptors (Lipinski definition) is 2. The van der Waals surface area contributed by atoms with Gasteiger partial charge in [-0.1, -0.05) is 26.7 Å². The van der Waals surface area contributed by atoms with Crippen LogP contribution in [0.4, 0.5) is 13.2 Å². The van der Waals surface area contributed by atoms with Crippen molar-refractivity contribution >= 4 is 0 Å². The minimum absolute atomic E-state index is 0.0237. The molecule has 0 saturated carbocycles. The molecule has 3 nitrogen and oxygen atoms in total. The average molecular weight is 321 g/mol. The minimum atomic E-state index is -4.49. The highest BCUT2D eigenvalue weighted by Crippen LogP contribution is 2.31. The molecule has 0 spiro atoms. The third-order valence-electron chi connectivity index (χ3n) is 3.65. The van der Waals surface area contributed by atoms with E-state index in [0.29, 0.717) is 11.6 Å². The van der Waals surface area contributed by atoms with E-state index >= 15 is 0 Å². The molecule has 0 N–H and O–H groups in total. The Kier molecular flexibility index (Phi) is 5.09. The Balaban J connectivity index is 2.32. The van der Waals surface area contributed by atoms with Crippen LogP contribution in [0.25, 0.3) is 5.69 Å². The van der Waals surface area contributed by atoms with Crippen LogP contribution >= 0.6 is 0 Å². The van der Waals surface area contributed by atoms with Crippen LogP contribution in [0.2, 0.25) is 0 Å². The maximum Gasteiger partial charge on any atom is 0.416 e. The Bertz CT molecular complexity index is 711. The van der Waals surface area contributed by atoms with Crippen LogP contribution in [0.15, 0.2) is 30.7 Å². The van der Waals surface area contributed by atoms with Crippen LogP contribution in [0.5, 0.6) is 0 Å². The predicted molar refractivity (Wildman–Crippen MR) is 81.1 cm³/mol. The second kappa shape index (κ2) is 6.86. The molecule has 0 radical (unpaired) electrons. The van der Waals surface area contributed by atoms with Crippen molar-refractivity contribution in [3.05, 3.63) is 47.5 Å². The van der Waals surface area contributed by atoms with Gasteiger partial charge in [0, 0.05) is 11.9 Å². The van der Waals surface area contributed by atoms with Gasteiger partial charge in [0.25, 0.3) is 0 Å². The number of halogens is 3. The van der Waals surface area contributed by atoms with E-state index in [9.17, 15) is 13.2 Å². The Morgan fingerprint density at radius 3 is 2.65 bits per heavy atom. The van der Waals surface area contributed by atoms with Crippen molar-refractivity contribution < 1.29 is 13.2 Å². The van der Waals surface area contributed by atoms with Gasteiger partial charge in [0.2, 0.25) is 0 Å². The number of rotatable bonds is 5. The SMILES string of the molecule is CCCC(C)Cc1cn(-c2cc(C#N)cc(C(F)(F)F)c2)cn1. The first-order valence-electron chi connectivity index (χ1n) is 7.49. The number of hydrogen-bond donors (Lipinski definition) is 0. The monoisotopic (exact) mass is 321 g/mol. The quantitative estimate of drug-likeness (QED) is 0.798. The molecule has 0 aliphatic rings. The Morgan fingerprint density at radius 2 is 2.04 bits per heavy atom. The van der Waals surface area contributed by atoms with Crippen LogP contribution in [0.3, 0.4) is 0 Å². The third kappa shape index (κ3) is 4.35. The average Bonchev–Trinajstić information content (AvgIpc) is 2.94. The number of alkyl halides is 3. The lowest BCUT2D eigenvalue weighted by atomic mass is 10.0. The molecule has 1 aromatic heterocycles. The molecular formula is C17H18F3N3. The predicted octanol–water partition coefficient (Wildman–Crippen LogP) is 4.74. The summed E-state index contributed by atoms with van der Waals surface area (Å²) in [6.45, 7) is 4.24. The van der Waals surface area contributed by atoms with Crippen molar-refractivity contribution in [1.29, 1.82) is 5.26 Å². The lowest BCUT2D eigenvalue weighted by molar-refractivity contribution is -0.137. The molecular weight excluding hydrogens is 303 g/mol. The first-order valence-corrected chi connectivity index (χ1v) is 7.49. The summed E-state index contributed by atoms with van der Waals surface area (Å²) in [5, 5.41) is 8.94. The van der Waals surface area contributed by atoms with E-state index < -0.39 is 11.7 Å². The van der Waals surface area contributed by atoms with Gasteiger partial charge in [-0.15, -0.1) is 0 Å². The molecule has 0 aliphatic carbocycles. The third-order valence-corrected chi connectivity index (χ3v) is 3.65. The molecule has 0 bridgehead atoms. The fraction of sp³-hybridized carbons (Fsp3) is 0.412. The Hall–Kier alpha value is -2.29. The van der Waals surface area contributed by atoms with Gasteiger partial charge in [0.1, 0.15) is 0 Å². The van der Waals surface area contributed by atoms with Gasteiger partial charge in [0.05, 0.1) is 29.2 Å². The number of aromatic nitrogens is 2. The first-order chi connectivity index (χ1) is 10.8. The van der Waals surface area contributed by atoms with E-state index in [2.05, 4.69) is 18.8 Å². The molecule has 1 atom stereocenters. The maximum absolute atomic E-state index is 12.9. The molecule has 6 heteroatoms. The fourth-order valence-corrected chi connectivity index (χ4v) is 2.55. The van der Waals surface area contributed by atoms with Gasteiger partial charge in [-0.2, -0.15) is 18.4 Å². The Labute approximate surface area is 133 Å². The summed E-state index contributed by atoms with van der Waals surface area (Å²) in [7, 11) is 0. The lowest BCUT2D eigenvalue weighted by Gasteiger charge is -2.10. The number of nitrogens with zero attached hydrogens (tertiary/aromatic N) is 3. The zero-order chi connectivity index (χ0) is 17.0. The summed E-state index contributed by atoms with van der Waals surface area (Å²) in [5.41, 5.74) is 0.269. The van der Waals surface area contributed by atoms with Crippen molar-refractivity contribution in [3.63, 3.8) is 0 Å². The minimum Gasteiger partial charge on any atom is -0.306 e. The van der Waals surface area contributed by atoms with E-state index in [1.165, 1.54) is 17.0 Å². The van der Waals surface area contributed by atoms with Gasteiger partial charge in [-0.3, -0.25) is 0 Å². The van der Waals surface area contributed by atoms with E-state index in [4.69, 9.17) is 5.26 Å². The summed E-state index contributed by atoms with van der Waals surface area (Å²) in [5.74, 6) is 0.472. The molecule has 122 valence electrons. The van der Waals surface area contributed by atoms with Crippen molar-refractivity contribution in [1.82, 2.24) is 9.55 Å². The van der Waals surface area contributed by atoms with E-state index in [1.54, 1.807) is 12.3 Å². The first kappa shape index (κ1) is 17.1. The molecule has 1 unspecified atom stereocenters. The summed E-state index contributed by atoms with van der Waals surface area (Å²) in [6, 6.07) is 5.08. The summed E-state index contributed by atoms with van der Waals surface area (Å²) < 4.78 is 40.3. The van der Waals surface area contributed by atoms with Crippen LogP contribution in [-0.2, 0) is 12.6 Å². The van der Waals surface area contributed by atoms with E-state index in [-0.39, 0.29) is 5.56 Å². The smallest absolute Gasteiger partial charge is 0.306 e. The molecule has 1 heterocycles. The number of nitriles is 1. The van der Waals surface area contributed by atoms with Crippen molar-refractivity contribution in [2.45, 2.75) is 39.3 Å². The molecule has 0 amide bonds. The van der Waals surface area contributed by atoms with Crippen LogP contribution < -0.4 is 0 Å². The van der Waals surface area contributed by atoms with Crippen LogP contribution in [0.1, 0.15) is 43.5 Å². The Morgan fingerprint density at radius 1 is 1.30 bits per heavy atom. The van der Waals surface area contributed by atoms with Gasteiger partial charge in [0.15, 0.2) is 0 Å². The fourth-order valence-electron chi connectivity index (χ4n) is 2.55. The summed E-state index contributed by atoms with van der Waals surface area (Å²) in [6.07, 6.45) is 1.68. The maximum atomic E-state index is 12.9. The largest absolute Gasteiger partial charge is 0.416 e. The van der Waals surface area contributed by atoms with Crippen molar-refractivity contribution in [2.24, 2.45) is 5.92 Å². The van der Waals surface area contributed by atoms with E-state index in [0.717, 1.165) is 37.1 Å². The zero-order valence-corrected chi connectivity index (χ0v) is 13.1. The second-order valence-electron chi connectivity index (χ2n) is 5.75. The molecule has 0 saturated heterocycles. The van der Waals surface area contributed by atoms with Gasteiger partial charge in [-0.05, 0) is 30.5 Å². The second-order valence-corrected chi connectivity index (χ2v) is 5.75. The lowest BCUT2D eigenvalue weighted by Crippen LogP contribution is -2.07. The molecule has 2 aromatic rings. The molecule has 23 heavy (non-hydrogen) atoms. The van der Waals surface area contributed by atoms with E-state index in [1.807, 2.05) is 0 Å². The standard InChI is InChI=1S/C17H18F3N3/c1-3-4-12(2)5-15-10-23(11-22-15)16-7-13(9-21)6-14(8-16)17(18,19)20/h6-8,10-12H,3-5H2,1-2H3.